The van der Waals surface area contributed by atoms with Gasteiger partial charge in [0.2, 0.25) is 0 Å². The molecule has 0 unspecified atom stereocenters. The van der Waals surface area contributed by atoms with Gasteiger partial charge in [0, 0.05) is 16.8 Å². The molecule has 3 aromatic rings. The monoisotopic (exact) mass is 484 g/mol. The van der Waals surface area contributed by atoms with E-state index in [1.54, 1.807) is 30.3 Å². The van der Waals surface area contributed by atoms with Crippen molar-refractivity contribution in [2.75, 3.05) is 12.4 Å². The van der Waals surface area contributed by atoms with Crippen LogP contribution in [0.4, 0.5) is 5.69 Å². The molecule has 0 aliphatic carbocycles. The maximum atomic E-state index is 12.3. The summed E-state index contributed by atoms with van der Waals surface area (Å²) in [4.78, 5) is 23.8. The standard InChI is InChI=1S/C25H21ClN2O4.ClH/c1-31-25(30)22(27)12-15-6-9-17(10-7-15)32-18-11-8-16(21(26)14-18)13-20-19-4-2-3-5-23(19)28-24(20)29;/h2-11,13-14,22H,12,27H2,1H3,(H,28,29);1H/b20-13+;/t22-;/m1./s1. The number of halogens is 2. The van der Waals surface area contributed by atoms with E-state index in [2.05, 4.69) is 10.1 Å². The Labute approximate surface area is 202 Å². The van der Waals surface area contributed by atoms with Crippen LogP contribution < -0.4 is 15.8 Å². The number of benzene rings is 3. The van der Waals surface area contributed by atoms with Gasteiger partial charge < -0.3 is 20.5 Å². The number of nitrogens with two attached hydrogens (primary N) is 1. The predicted molar refractivity (Wildman–Crippen MR) is 132 cm³/mol. The number of para-hydroxylation sites is 1. The zero-order valence-corrected chi connectivity index (χ0v) is 19.3. The number of rotatable bonds is 6. The molecule has 3 aromatic carbocycles. The molecule has 4 rings (SSSR count). The first kappa shape index (κ1) is 24.3. The first-order chi connectivity index (χ1) is 15.4. The predicted octanol–water partition coefficient (Wildman–Crippen LogP) is 5.09. The molecule has 1 aliphatic heterocycles. The number of anilines is 1. The second-order valence-electron chi connectivity index (χ2n) is 7.32. The molecule has 1 amide bonds. The highest BCUT2D eigenvalue weighted by molar-refractivity contribution is 6.37. The molecule has 3 N–H and O–H groups in total. The van der Waals surface area contributed by atoms with Crippen molar-refractivity contribution in [2.45, 2.75) is 12.5 Å². The number of amides is 1. The Morgan fingerprint density at radius 2 is 1.79 bits per heavy atom. The van der Waals surface area contributed by atoms with E-state index < -0.39 is 12.0 Å². The minimum atomic E-state index is -0.707. The van der Waals surface area contributed by atoms with E-state index in [4.69, 9.17) is 22.1 Å². The molecule has 0 aromatic heterocycles. The fourth-order valence-electron chi connectivity index (χ4n) is 3.44. The number of carbonyl (C=O) groups is 2. The first-order valence-corrected chi connectivity index (χ1v) is 10.3. The highest BCUT2D eigenvalue weighted by Gasteiger charge is 2.23. The van der Waals surface area contributed by atoms with Gasteiger partial charge in [-0.1, -0.05) is 41.9 Å². The summed E-state index contributed by atoms with van der Waals surface area (Å²) in [5.74, 6) is 0.572. The molecule has 1 heterocycles. The number of carbonyl (C=O) groups excluding carboxylic acids is 2. The lowest BCUT2D eigenvalue weighted by atomic mass is 10.0. The van der Waals surface area contributed by atoms with Gasteiger partial charge in [-0.15, -0.1) is 12.4 Å². The van der Waals surface area contributed by atoms with Gasteiger partial charge >= 0.3 is 5.97 Å². The summed E-state index contributed by atoms with van der Waals surface area (Å²) in [5.41, 5.74) is 9.61. The highest BCUT2D eigenvalue weighted by atomic mass is 35.5. The Morgan fingerprint density at radius 3 is 2.48 bits per heavy atom. The van der Waals surface area contributed by atoms with E-state index in [9.17, 15) is 9.59 Å². The molecular formula is C25H22Cl2N2O4. The lowest BCUT2D eigenvalue weighted by Crippen LogP contribution is -2.33. The van der Waals surface area contributed by atoms with E-state index in [1.807, 2.05) is 42.5 Å². The molecule has 0 saturated carbocycles. The van der Waals surface area contributed by atoms with Crippen molar-refractivity contribution in [1.29, 1.82) is 0 Å². The number of hydrogen-bond acceptors (Lipinski definition) is 5. The normalized spacial score (nSPS) is 14.2. The molecule has 0 saturated heterocycles. The zero-order valence-electron chi connectivity index (χ0n) is 17.7. The van der Waals surface area contributed by atoms with Crippen molar-refractivity contribution in [3.05, 3.63) is 88.4 Å². The van der Waals surface area contributed by atoms with E-state index in [-0.39, 0.29) is 18.3 Å². The molecule has 0 spiro atoms. The average Bonchev–Trinajstić information content (AvgIpc) is 3.11. The number of fused-ring (bicyclic) bond motifs is 1. The van der Waals surface area contributed by atoms with Crippen molar-refractivity contribution in [1.82, 2.24) is 0 Å². The topological polar surface area (TPSA) is 90.7 Å². The summed E-state index contributed by atoms with van der Waals surface area (Å²) < 4.78 is 10.5. The molecule has 1 atom stereocenters. The fourth-order valence-corrected chi connectivity index (χ4v) is 3.67. The number of methoxy groups -OCH3 is 1. The summed E-state index contributed by atoms with van der Waals surface area (Å²) in [6.45, 7) is 0. The van der Waals surface area contributed by atoms with E-state index in [0.29, 0.717) is 34.1 Å². The van der Waals surface area contributed by atoms with Crippen LogP contribution in [0.25, 0.3) is 11.6 Å². The third kappa shape index (κ3) is 5.54. The van der Waals surface area contributed by atoms with Crippen LogP contribution in [-0.4, -0.2) is 25.0 Å². The molecule has 8 heteroatoms. The van der Waals surface area contributed by atoms with Crippen LogP contribution in [0.3, 0.4) is 0 Å². The van der Waals surface area contributed by atoms with Crippen LogP contribution in [0.1, 0.15) is 16.7 Å². The summed E-state index contributed by atoms with van der Waals surface area (Å²) in [7, 11) is 1.31. The van der Waals surface area contributed by atoms with Crippen LogP contribution >= 0.6 is 24.0 Å². The summed E-state index contributed by atoms with van der Waals surface area (Å²) in [6, 6.07) is 19.4. The van der Waals surface area contributed by atoms with Gasteiger partial charge in [0.25, 0.3) is 5.91 Å². The van der Waals surface area contributed by atoms with Crippen molar-refractivity contribution in [3.8, 4) is 11.5 Å². The van der Waals surface area contributed by atoms with Crippen molar-refractivity contribution >= 4 is 53.2 Å². The van der Waals surface area contributed by atoms with Gasteiger partial charge in [0.15, 0.2) is 0 Å². The van der Waals surface area contributed by atoms with Crippen molar-refractivity contribution in [2.24, 2.45) is 5.73 Å². The van der Waals surface area contributed by atoms with Crippen LogP contribution in [-0.2, 0) is 20.7 Å². The molecule has 6 nitrogen and oxygen atoms in total. The maximum absolute atomic E-state index is 12.3. The van der Waals surface area contributed by atoms with Crippen LogP contribution in [0.5, 0.6) is 11.5 Å². The largest absolute Gasteiger partial charge is 0.468 e. The molecule has 0 bridgehead atoms. The molecule has 33 heavy (non-hydrogen) atoms. The van der Waals surface area contributed by atoms with E-state index >= 15 is 0 Å². The molecular weight excluding hydrogens is 463 g/mol. The van der Waals surface area contributed by atoms with Gasteiger partial charge in [-0.2, -0.15) is 0 Å². The smallest absolute Gasteiger partial charge is 0.322 e. The average molecular weight is 485 g/mol. The van der Waals surface area contributed by atoms with E-state index in [1.165, 1.54) is 7.11 Å². The summed E-state index contributed by atoms with van der Waals surface area (Å²) in [5, 5.41) is 3.31. The number of hydrogen-bond donors (Lipinski definition) is 2. The summed E-state index contributed by atoms with van der Waals surface area (Å²) >= 11 is 6.46. The second kappa shape index (κ2) is 10.5. The minimum Gasteiger partial charge on any atom is -0.468 e. The van der Waals surface area contributed by atoms with Crippen molar-refractivity contribution in [3.63, 3.8) is 0 Å². The highest BCUT2D eigenvalue weighted by Crippen LogP contribution is 2.35. The van der Waals surface area contributed by atoms with Gasteiger partial charge in [-0.25, -0.2) is 0 Å². The molecule has 1 aliphatic rings. The van der Waals surface area contributed by atoms with E-state index in [0.717, 1.165) is 16.8 Å². The Hall–Kier alpha value is -3.32. The van der Waals surface area contributed by atoms with Gasteiger partial charge in [0.1, 0.15) is 17.5 Å². The van der Waals surface area contributed by atoms with Crippen molar-refractivity contribution < 1.29 is 19.1 Å². The Bertz CT molecular complexity index is 1210. The molecule has 0 radical (unpaired) electrons. The Balaban J connectivity index is 0.00000306. The second-order valence-corrected chi connectivity index (χ2v) is 7.73. The Morgan fingerprint density at radius 1 is 1.09 bits per heavy atom. The third-order valence-corrected chi connectivity index (χ3v) is 5.43. The molecule has 170 valence electrons. The fraction of sp³-hybridized carbons (Fsp3) is 0.120. The lowest BCUT2D eigenvalue weighted by Gasteiger charge is -2.11. The van der Waals surface area contributed by atoms with Gasteiger partial charge in [-0.3, -0.25) is 9.59 Å². The van der Waals surface area contributed by atoms with Gasteiger partial charge in [-0.05, 0) is 60.0 Å². The van der Waals surface area contributed by atoms with Gasteiger partial charge in [0.05, 0.1) is 12.1 Å². The maximum Gasteiger partial charge on any atom is 0.322 e. The first-order valence-electron chi connectivity index (χ1n) is 9.97. The number of esters is 1. The zero-order chi connectivity index (χ0) is 22.7. The molecule has 0 fully saturated rings. The van der Waals surface area contributed by atoms with Crippen LogP contribution in [0.15, 0.2) is 66.7 Å². The van der Waals surface area contributed by atoms with Crippen LogP contribution in [0.2, 0.25) is 5.02 Å². The SMILES string of the molecule is COC(=O)[C@H](N)Cc1ccc(Oc2ccc(/C=C3/C(=O)Nc4ccccc43)c(Cl)c2)cc1.Cl. The number of nitrogens with one attached hydrogen (secondary N) is 1. The minimum absolute atomic E-state index is 0. The van der Waals surface area contributed by atoms with Crippen LogP contribution in [0, 0.1) is 0 Å². The Kier molecular flexibility index (Phi) is 7.76. The summed E-state index contributed by atoms with van der Waals surface area (Å²) in [6.07, 6.45) is 2.14. The third-order valence-electron chi connectivity index (χ3n) is 5.10. The lowest BCUT2D eigenvalue weighted by molar-refractivity contribution is -0.142. The quantitative estimate of drug-likeness (QED) is 0.375. The number of ether oxygens (including phenoxy) is 2.